The van der Waals surface area contributed by atoms with Gasteiger partial charge in [0.25, 0.3) is 0 Å². The second-order valence-corrected chi connectivity index (χ2v) is 5.58. The molecule has 6 heteroatoms. The van der Waals surface area contributed by atoms with Gasteiger partial charge in [-0.2, -0.15) is 0 Å². The second-order valence-electron chi connectivity index (χ2n) is 5.58. The van der Waals surface area contributed by atoms with Crippen LogP contribution in [0.3, 0.4) is 0 Å². The molecule has 1 unspecified atom stereocenters. The molecule has 112 valence electrons. The van der Waals surface area contributed by atoms with Crippen LogP contribution in [0.4, 0.5) is 5.82 Å². The number of nitrogen functional groups attached to an aromatic ring is 1. The van der Waals surface area contributed by atoms with Crippen LogP contribution in [0, 0.1) is 5.92 Å². The molecule has 2 aromatic rings. The van der Waals surface area contributed by atoms with E-state index in [0.29, 0.717) is 23.9 Å². The maximum absolute atomic E-state index is 11.5. The van der Waals surface area contributed by atoms with Gasteiger partial charge in [-0.05, 0) is 24.0 Å². The van der Waals surface area contributed by atoms with E-state index in [2.05, 4.69) is 23.8 Å². The summed E-state index contributed by atoms with van der Waals surface area (Å²) in [7, 11) is 0. The van der Waals surface area contributed by atoms with Crippen molar-refractivity contribution in [2.45, 2.75) is 32.7 Å². The van der Waals surface area contributed by atoms with Crippen LogP contribution in [0.15, 0.2) is 30.9 Å². The lowest BCUT2D eigenvalue weighted by molar-refractivity contribution is -0.138. The molecular formula is C15H20N4O2. The first kappa shape index (κ1) is 15.0. The zero-order valence-corrected chi connectivity index (χ0v) is 12.2. The van der Waals surface area contributed by atoms with Crippen molar-refractivity contribution in [2.24, 2.45) is 5.92 Å². The molecular weight excluding hydrogens is 268 g/mol. The first-order valence-corrected chi connectivity index (χ1v) is 6.90. The standard InChI is InChI=1S/C15H20N4O2/c1-10(2)7-19-8-13(18-9-19)12(15(20)21)5-11-3-4-14(16)17-6-11/h3-4,6,8-10,12H,5,7H2,1-2H3,(H2,16,17)(H,20,21). The third kappa shape index (κ3) is 4.05. The van der Waals surface area contributed by atoms with E-state index in [1.54, 1.807) is 24.7 Å². The number of carboxylic acid groups (broad SMARTS) is 1. The van der Waals surface area contributed by atoms with Crippen molar-refractivity contribution in [1.29, 1.82) is 0 Å². The highest BCUT2D eigenvalue weighted by Crippen LogP contribution is 2.20. The van der Waals surface area contributed by atoms with E-state index < -0.39 is 11.9 Å². The number of nitrogens with two attached hydrogens (primary N) is 1. The molecule has 0 spiro atoms. The fourth-order valence-electron chi connectivity index (χ4n) is 2.19. The van der Waals surface area contributed by atoms with Crippen LogP contribution >= 0.6 is 0 Å². The molecule has 21 heavy (non-hydrogen) atoms. The van der Waals surface area contributed by atoms with Crippen LogP contribution < -0.4 is 5.73 Å². The second kappa shape index (κ2) is 6.39. The Kier molecular flexibility index (Phi) is 4.57. The van der Waals surface area contributed by atoms with Gasteiger partial charge in [-0.25, -0.2) is 9.97 Å². The quantitative estimate of drug-likeness (QED) is 0.847. The summed E-state index contributed by atoms with van der Waals surface area (Å²) >= 11 is 0. The van der Waals surface area contributed by atoms with Crippen LogP contribution in [0.1, 0.15) is 31.0 Å². The summed E-state index contributed by atoms with van der Waals surface area (Å²) in [6.45, 7) is 5.03. The number of nitrogens with zero attached hydrogens (tertiary/aromatic N) is 3. The largest absolute Gasteiger partial charge is 0.481 e. The lowest BCUT2D eigenvalue weighted by atomic mass is 9.98. The van der Waals surface area contributed by atoms with Crippen LogP contribution in [0.2, 0.25) is 0 Å². The zero-order valence-electron chi connectivity index (χ0n) is 12.2. The predicted octanol–water partition coefficient (Wildman–Crippen LogP) is 1.93. The van der Waals surface area contributed by atoms with Crippen molar-refractivity contribution in [3.63, 3.8) is 0 Å². The first-order valence-electron chi connectivity index (χ1n) is 6.90. The summed E-state index contributed by atoms with van der Waals surface area (Å²) in [6.07, 6.45) is 5.45. The minimum Gasteiger partial charge on any atom is -0.481 e. The zero-order chi connectivity index (χ0) is 15.4. The summed E-state index contributed by atoms with van der Waals surface area (Å²) < 4.78 is 1.93. The van der Waals surface area contributed by atoms with Gasteiger partial charge in [0.05, 0.1) is 12.0 Å². The molecule has 0 aliphatic heterocycles. The van der Waals surface area contributed by atoms with Crippen molar-refractivity contribution in [3.05, 3.63) is 42.1 Å². The predicted molar refractivity (Wildman–Crippen MR) is 79.8 cm³/mol. The molecule has 2 rings (SSSR count). The van der Waals surface area contributed by atoms with Gasteiger partial charge in [0.2, 0.25) is 0 Å². The fraction of sp³-hybridized carbons (Fsp3) is 0.400. The van der Waals surface area contributed by atoms with Crippen molar-refractivity contribution < 1.29 is 9.90 Å². The maximum Gasteiger partial charge on any atom is 0.312 e. The topological polar surface area (TPSA) is 94.0 Å². The lowest BCUT2D eigenvalue weighted by Crippen LogP contribution is -2.15. The number of carboxylic acids is 1. The van der Waals surface area contributed by atoms with Crippen molar-refractivity contribution in [1.82, 2.24) is 14.5 Å². The fourth-order valence-corrected chi connectivity index (χ4v) is 2.19. The lowest BCUT2D eigenvalue weighted by Gasteiger charge is -2.10. The summed E-state index contributed by atoms with van der Waals surface area (Å²) in [5.41, 5.74) is 6.93. The molecule has 3 N–H and O–H groups in total. The van der Waals surface area contributed by atoms with Gasteiger partial charge in [0, 0.05) is 18.9 Å². The molecule has 1 atom stereocenters. The van der Waals surface area contributed by atoms with Crippen LogP contribution in [-0.2, 0) is 17.8 Å². The summed E-state index contributed by atoms with van der Waals surface area (Å²) in [4.78, 5) is 19.7. The molecule has 0 fully saturated rings. The van der Waals surface area contributed by atoms with Gasteiger partial charge in [0.1, 0.15) is 11.7 Å². The van der Waals surface area contributed by atoms with Crippen molar-refractivity contribution >= 4 is 11.8 Å². The van der Waals surface area contributed by atoms with Gasteiger partial charge in [0.15, 0.2) is 0 Å². The number of imidazole rings is 1. The molecule has 0 bridgehead atoms. The molecule has 0 aliphatic rings. The van der Waals surface area contributed by atoms with Crippen LogP contribution in [-0.4, -0.2) is 25.6 Å². The maximum atomic E-state index is 11.5. The number of rotatable bonds is 6. The average molecular weight is 288 g/mol. The van der Waals surface area contributed by atoms with E-state index >= 15 is 0 Å². The molecule has 0 aliphatic carbocycles. The number of aromatic nitrogens is 3. The van der Waals surface area contributed by atoms with Gasteiger partial charge in [-0.1, -0.05) is 19.9 Å². The third-order valence-corrected chi connectivity index (χ3v) is 3.17. The molecule has 6 nitrogen and oxygen atoms in total. The number of carbonyl (C=O) groups is 1. The normalized spacial score (nSPS) is 12.5. The van der Waals surface area contributed by atoms with E-state index in [4.69, 9.17) is 5.73 Å². The number of aliphatic carboxylic acids is 1. The van der Waals surface area contributed by atoms with Gasteiger partial charge >= 0.3 is 5.97 Å². The molecule has 0 saturated carbocycles. The number of hydrogen-bond acceptors (Lipinski definition) is 4. The Morgan fingerprint density at radius 2 is 2.14 bits per heavy atom. The van der Waals surface area contributed by atoms with E-state index in [0.717, 1.165) is 12.1 Å². The summed E-state index contributed by atoms with van der Waals surface area (Å²) in [6, 6.07) is 3.47. The van der Waals surface area contributed by atoms with Crippen LogP contribution in [0.5, 0.6) is 0 Å². The Labute approximate surface area is 123 Å². The molecule has 0 saturated heterocycles. The van der Waals surface area contributed by atoms with E-state index in [1.165, 1.54) is 0 Å². The molecule has 2 heterocycles. The Morgan fingerprint density at radius 3 is 2.71 bits per heavy atom. The van der Waals surface area contributed by atoms with Gasteiger partial charge < -0.3 is 15.4 Å². The smallest absolute Gasteiger partial charge is 0.312 e. The monoisotopic (exact) mass is 288 g/mol. The van der Waals surface area contributed by atoms with E-state index in [1.807, 2.05) is 10.8 Å². The number of anilines is 1. The molecule has 2 aromatic heterocycles. The number of pyridine rings is 1. The third-order valence-electron chi connectivity index (χ3n) is 3.17. The summed E-state index contributed by atoms with van der Waals surface area (Å²) in [5.74, 6) is -0.658. The average Bonchev–Trinajstić information content (AvgIpc) is 2.85. The minimum absolute atomic E-state index is 0.349. The SMILES string of the molecule is CC(C)Cn1cnc(C(Cc2ccc(N)nc2)C(=O)O)c1. The molecule has 0 amide bonds. The molecule has 0 aromatic carbocycles. The minimum atomic E-state index is -0.887. The van der Waals surface area contributed by atoms with Gasteiger partial charge in [-0.15, -0.1) is 0 Å². The van der Waals surface area contributed by atoms with E-state index in [-0.39, 0.29) is 0 Å². The molecule has 0 radical (unpaired) electrons. The Balaban J connectivity index is 2.17. The van der Waals surface area contributed by atoms with Crippen molar-refractivity contribution in [3.8, 4) is 0 Å². The highest BCUT2D eigenvalue weighted by molar-refractivity contribution is 5.75. The highest BCUT2D eigenvalue weighted by atomic mass is 16.4. The van der Waals surface area contributed by atoms with Gasteiger partial charge in [-0.3, -0.25) is 4.79 Å². The Morgan fingerprint density at radius 1 is 1.38 bits per heavy atom. The Bertz CT molecular complexity index is 604. The first-order chi connectivity index (χ1) is 9.95. The highest BCUT2D eigenvalue weighted by Gasteiger charge is 2.23. The van der Waals surface area contributed by atoms with Crippen LogP contribution in [0.25, 0.3) is 0 Å². The summed E-state index contributed by atoms with van der Waals surface area (Å²) in [5, 5.41) is 9.44. The van der Waals surface area contributed by atoms with E-state index in [9.17, 15) is 9.90 Å². The van der Waals surface area contributed by atoms with Crippen molar-refractivity contribution in [2.75, 3.05) is 5.73 Å². The Hall–Kier alpha value is -2.37. The number of hydrogen-bond donors (Lipinski definition) is 2.